The third kappa shape index (κ3) is 2.18. The highest BCUT2D eigenvalue weighted by Crippen LogP contribution is 2.35. The van der Waals surface area contributed by atoms with Gasteiger partial charge in [0.05, 0.1) is 0 Å². The van der Waals surface area contributed by atoms with Gasteiger partial charge in [-0.3, -0.25) is 0 Å². The van der Waals surface area contributed by atoms with Crippen molar-refractivity contribution in [1.29, 1.82) is 0 Å². The van der Waals surface area contributed by atoms with E-state index in [-0.39, 0.29) is 0 Å². The lowest BCUT2D eigenvalue weighted by Gasteiger charge is -2.02. The first-order chi connectivity index (χ1) is 5.15. The summed E-state index contributed by atoms with van der Waals surface area (Å²) >= 11 is 10.8. The molecule has 0 aliphatic rings. The molecule has 1 aromatic rings. The molecule has 11 heavy (non-hydrogen) atoms. The second-order valence-corrected chi connectivity index (χ2v) is 4.95. The summed E-state index contributed by atoms with van der Waals surface area (Å²) in [7, 11) is 0. The molecule has 0 aromatic carbocycles. The summed E-state index contributed by atoms with van der Waals surface area (Å²) in [5.74, 6) is 0.406. The van der Waals surface area contributed by atoms with Gasteiger partial charge < -0.3 is 5.73 Å². The standard InChI is InChI=1S/C7H9BrClNS/c1-4(3-10)6-2-5(8)7(9)11-6/h2,4H,3,10H2,1H3. The average Bonchev–Trinajstić information content (AvgIpc) is 2.31. The summed E-state index contributed by atoms with van der Waals surface area (Å²) in [6, 6.07) is 2.03. The fourth-order valence-corrected chi connectivity index (χ4v) is 2.52. The van der Waals surface area contributed by atoms with Gasteiger partial charge in [0.2, 0.25) is 0 Å². The summed E-state index contributed by atoms with van der Waals surface area (Å²) < 4.78 is 1.78. The first-order valence-electron chi connectivity index (χ1n) is 3.30. The summed E-state index contributed by atoms with van der Waals surface area (Å²) in [5.41, 5.74) is 5.51. The minimum atomic E-state index is 0.406. The van der Waals surface area contributed by atoms with E-state index in [9.17, 15) is 0 Å². The largest absolute Gasteiger partial charge is 0.330 e. The van der Waals surface area contributed by atoms with Crippen molar-refractivity contribution >= 4 is 38.9 Å². The van der Waals surface area contributed by atoms with Crippen molar-refractivity contribution in [1.82, 2.24) is 0 Å². The molecule has 0 aliphatic carbocycles. The topological polar surface area (TPSA) is 26.0 Å². The lowest BCUT2D eigenvalue weighted by Crippen LogP contribution is -2.06. The summed E-state index contributed by atoms with van der Waals surface area (Å²) in [4.78, 5) is 1.24. The van der Waals surface area contributed by atoms with Gasteiger partial charge >= 0.3 is 0 Å². The van der Waals surface area contributed by atoms with Gasteiger partial charge in [0, 0.05) is 15.3 Å². The second-order valence-electron chi connectivity index (χ2n) is 2.41. The molecule has 62 valence electrons. The predicted octanol–water partition coefficient (Wildman–Crippen LogP) is 3.23. The van der Waals surface area contributed by atoms with E-state index in [1.54, 1.807) is 11.3 Å². The minimum absolute atomic E-state index is 0.406. The number of rotatable bonds is 2. The Kier molecular flexibility index (Phi) is 3.37. The lowest BCUT2D eigenvalue weighted by atomic mass is 10.1. The molecule has 1 atom stereocenters. The maximum atomic E-state index is 5.86. The number of hydrogen-bond donors (Lipinski definition) is 1. The van der Waals surface area contributed by atoms with Crippen LogP contribution in [0.4, 0.5) is 0 Å². The summed E-state index contributed by atoms with van der Waals surface area (Å²) in [6.45, 7) is 2.76. The van der Waals surface area contributed by atoms with Crippen LogP contribution in [-0.4, -0.2) is 6.54 Å². The highest BCUT2D eigenvalue weighted by Gasteiger charge is 2.09. The molecule has 1 rings (SSSR count). The fourth-order valence-electron chi connectivity index (χ4n) is 0.722. The first-order valence-corrected chi connectivity index (χ1v) is 5.28. The number of thiophene rings is 1. The van der Waals surface area contributed by atoms with Crippen LogP contribution in [0.25, 0.3) is 0 Å². The van der Waals surface area contributed by atoms with E-state index in [4.69, 9.17) is 17.3 Å². The molecule has 1 aromatic heterocycles. The van der Waals surface area contributed by atoms with Gasteiger partial charge in [-0.15, -0.1) is 11.3 Å². The normalized spacial score (nSPS) is 13.5. The molecule has 4 heteroatoms. The van der Waals surface area contributed by atoms with Gasteiger partial charge in [-0.25, -0.2) is 0 Å². The smallest absolute Gasteiger partial charge is 0.107 e. The third-order valence-electron chi connectivity index (χ3n) is 1.50. The molecule has 0 saturated heterocycles. The third-order valence-corrected chi connectivity index (χ3v) is 4.21. The van der Waals surface area contributed by atoms with E-state index in [0.717, 1.165) is 8.81 Å². The highest BCUT2D eigenvalue weighted by atomic mass is 79.9. The lowest BCUT2D eigenvalue weighted by molar-refractivity contribution is 0.790. The molecule has 1 nitrogen and oxygen atoms in total. The molecule has 0 spiro atoms. The van der Waals surface area contributed by atoms with Gasteiger partial charge in [0.1, 0.15) is 4.34 Å². The summed E-state index contributed by atoms with van der Waals surface area (Å²) in [6.07, 6.45) is 0. The van der Waals surface area contributed by atoms with Crippen LogP contribution in [0.15, 0.2) is 10.5 Å². The molecule has 0 amide bonds. The zero-order valence-electron chi connectivity index (χ0n) is 6.10. The summed E-state index contributed by atoms with van der Waals surface area (Å²) in [5, 5.41) is 0. The highest BCUT2D eigenvalue weighted by molar-refractivity contribution is 9.10. The van der Waals surface area contributed by atoms with Crippen molar-refractivity contribution in [2.24, 2.45) is 5.73 Å². The van der Waals surface area contributed by atoms with Crippen LogP contribution in [0.3, 0.4) is 0 Å². The molecular formula is C7H9BrClNS. The Balaban J connectivity index is 2.88. The van der Waals surface area contributed by atoms with Gasteiger partial charge in [0.15, 0.2) is 0 Å². The number of halogens is 2. The first kappa shape index (κ1) is 9.52. The molecule has 1 unspecified atom stereocenters. The molecule has 0 bridgehead atoms. The van der Waals surface area contributed by atoms with E-state index >= 15 is 0 Å². The minimum Gasteiger partial charge on any atom is -0.330 e. The Morgan fingerprint density at radius 2 is 2.45 bits per heavy atom. The Hall–Kier alpha value is 0.430. The Labute approximate surface area is 83.7 Å². The molecule has 0 aliphatic heterocycles. The van der Waals surface area contributed by atoms with Gasteiger partial charge in [-0.05, 0) is 28.5 Å². The Morgan fingerprint density at radius 3 is 2.82 bits per heavy atom. The number of nitrogens with two attached hydrogens (primary N) is 1. The van der Waals surface area contributed by atoms with Crippen LogP contribution in [0, 0.1) is 0 Å². The quantitative estimate of drug-likeness (QED) is 0.862. The Morgan fingerprint density at radius 1 is 1.82 bits per heavy atom. The SMILES string of the molecule is CC(CN)c1cc(Br)c(Cl)s1. The second kappa shape index (κ2) is 3.90. The van der Waals surface area contributed by atoms with E-state index in [0.29, 0.717) is 12.5 Å². The van der Waals surface area contributed by atoms with Crippen LogP contribution in [0.2, 0.25) is 4.34 Å². The molecule has 0 fully saturated rings. The van der Waals surface area contributed by atoms with Crippen LogP contribution in [-0.2, 0) is 0 Å². The molecule has 0 radical (unpaired) electrons. The fraction of sp³-hybridized carbons (Fsp3) is 0.429. The van der Waals surface area contributed by atoms with Crippen LogP contribution < -0.4 is 5.73 Å². The van der Waals surface area contributed by atoms with Crippen LogP contribution >= 0.6 is 38.9 Å². The van der Waals surface area contributed by atoms with Gasteiger partial charge in [0.25, 0.3) is 0 Å². The van der Waals surface area contributed by atoms with Crippen LogP contribution in [0.5, 0.6) is 0 Å². The maximum absolute atomic E-state index is 5.86. The van der Waals surface area contributed by atoms with Crippen molar-refractivity contribution < 1.29 is 0 Å². The van der Waals surface area contributed by atoms with E-state index in [1.165, 1.54) is 4.88 Å². The van der Waals surface area contributed by atoms with Gasteiger partial charge in [-0.2, -0.15) is 0 Å². The maximum Gasteiger partial charge on any atom is 0.107 e. The number of hydrogen-bond acceptors (Lipinski definition) is 2. The van der Waals surface area contributed by atoms with Crippen molar-refractivity contribution in [3.63, 3.8) is 0 Å². The van der Waals surface area contributed by atoms with Crippen molar-refractivity contribution in [2.75, 3.05) is 6.54 Å². The van der Waals surface area contributed by atoms with Gasteiger partial charge in [-0.1, -0.05) is 18.5 Å². The average molecular weight is 255 g/mol. The zero-order chi connectivity index (χ0) is 8.43. The van der Waals surface area contributed by atoms with E-state index in [2.05, 4.69) is 22.9 Å². The van der Waals surface area contributed by atoms with Crippen molar-refractivity contribution in [3.05, 3.63) is 19.8 Å². The Bertz CT molecular complexity index is 229. The van der Waals surface area contributed by atoms with Crippen molar-refractivity contribution in [3.8, 4) is 0 Å². The molecule has 1 heterocycles. The van der Waals surface area contributed by atoms with E-state index < -0.39 is 0 Å². The van der Waals surface area contributed by atoms with Crippen molar-refractivity contribution in [2.45, 2.75) is 12.8 Å². The van der Waals surface area contributed by atoms with Crippen LogP contribution in [0.1, 0.15) is 17.7 Å². The molecular weight excluding hydrogens is 246 g/mol. The zero-order valence-corrected chi connectivity index (χ0v) is 9.26. The predicted molar refractivity (Wildman–Crippen MR) is 54.5 cm³/mol. The monoisotopic (exact) mass is 253 g/mol. The molecule has 2 N–H and O–H groups in total. The molecule has 0 saturated carbocycles. The van der Waals surface area contributed by atoms with E-state index in [1.807, 2.05) is 6.07 Å².